The molecular weight excluding hydrogens is 349 g/mol. The lowest BCUT2D eigenvalue weighted by Gasteiger charge is -2.27. The van der Waals surface area contributed by atoms with Crippen molar-refractivity contribution in [2.45, 2.75) is 38.6 Å². The van der Waals surface area contributed by atoms with Crippen LogP contribution in [0.4, 0.5) is 0 Å². The molecule has 0 aliphatic rings. The van der Waals surface area contributed by atoms with Crippen molar-refractivity contribution in [2.24, 2.45) is 0 Å². The number of rotatable bonds is 9. The van der Waals surface area contributed by atoms with E-state index >= 15 is 0 Å². The van der Waals surface area contributed by atoms with Crippen LogP contribution in [0.1, 0.15) is 31.7 Å². The zero-order valence-electron chi connectivity index (χ0n) is 15.9. The first-order valence-electron chi connectivity index (χ1n) is 9.75. The number of nitrogens with one attached hydrogen (secondary N) is 1. The molecule has 0 aliphatic carbocycles. The van der Waals surface area contributed by atoms with Crippen LogP contribution < -0.4 is 15.7 Å². The zero-order chi connectivity index (χ0) is 19.0. The van der Waals surface area contributed by atoms with Crippen LogP contribution in [0.3, 0.4) is 0 Å². The van der Waals surface area contributed by atoms with Crippen molar-refractivity contribution in [2.75, 3.05) is 0 Å². The molecule has 3 rings (SSSR count). The van der Waals surface area contributed by atoms with Crippen LogP contribution >= 0.6 is 7.29 Å². The highest BCUT2D eigenvalue weighted by molar-refractivity contribution is 7.76. The van der Waals surface area contributed by atoms with Gasteiger partial charge in [-0.25, -0.2) is 0 Å². The molecule has 0 fully saturated rings. The number of benzene rings is 3. The van der Waals surface area contributed by atoms with Gasteiger partial charge < -0.3 is 0 Å². The second-order valence-corrected chi connectivity index (χ2v) is 9.45. The molecule has 0 radical (unpaired) electrons. The number of hydrogen-bond donors (Lipinski definition) is 1. The van der Waals surface area contributed by atoms with Crippen molar-refractivity contribution in [1.29, 1.82) is 0 Å². The minimum Gasteiger partial charge on any atom is -0.297 e. The Bertz CT molecular complexity index is 806. The molecule has 0 saturated carbocycles. The molecule has 0 amide bonds. The van der Waals surface area contributed by atoms with Crippen LogP contribution in [0.2, 0.25) is 0 Å². The van der Waals surface area contributed by atoms with Crippen LogP contribution in [0.25, 0.3) is 0 Å². The van der Waals surface area contributed by atoms with Crippen LogP contribution in [0.5, 0.6) is 0 Å². The summed E-state index contributed by atoms with van der Waals surface area (Å²) in [5, 5.41) is 5.33. The van der Waals surface area contributed by atoms with Crippen molar-refractivity contribution in [3.63, 3.8) is 0 Å². The Morgan fingerprint density at radius 2 is 1.26 bits per heavy atom. The molecule has 3 aromatic rings. The Kier molecular flexibility index (Phi) is 7.04. The van der Waals surface area contributed by atoms with Gasteiger partial charge in [0.25, 0.3) is 0 Å². The largest absolute Gasteiger partial charge is 0.297 e. The third-order valence-corrected chi connectivity index (χ3v) is 7.61. The molecule has 27 heavy (non-hydrogen) atoms. The van der Waals surface area contributed by atoms with E-state index in [2.05, 4.69) is 36.3 Å². The zero-order valence-corrected chi connectivity index (χ0v) is 16.8. The van der Waals surface area contributed by atoms with Gasteiger partial charge in [-0.05, 0) is 42.7 Å². The highest BCUT2D eigenvalue weighted by Crippen LogP contribution is 2.40. The molecule has 0 aromatic heterocycles. The first-order valence-corrected chi connectivity index (χ1v) is 11.5. The molecule has 0 spiro atoms. The molecule has 0 bridgehead atoms. The summed E-state index contributed by atoms with van der Waals surface area (Å²) in [5.74, 6) is 0. The second kappa shape index (κ2) is 9.69. The molecule has 0 unspecified atom stereocenters. The fourth-order valence-electron chi connectivity index (χ4n) is 3.39. The molecule has 3 heteroatoms. The molecule has 3 aromatic carbocycles. The van der Waals surface area contributed by atoms with E-state index in [1.54, 1.807) is 0 Å². The monoisotopic (exact) mass is 377 g/mol. The first-order chi connectivity index (χ1) is 13.2. The third-order valence-electron chi connectivity index (χ3n) is 4.84. The summed E-state index contributed by atoms with van der Waals surface area (Å²) in [4.78, 5) is 0. The fourth-order valence-corrected chi connectivity index (χ4v) is 5.91. The topological polar surface area (TPSA) is 29.1 Å². The summed E-state index contributed by atoms with van der Waals surface area (Å²) < 4.78 is 14.3. The predicted molar refractivity (Wildman–Crippen MR) is 116 cm³/mol. The fraction of sp³-hybridized carbons (Fsp3) is 0.250. The van der Waals surface area contributed by atoms with Crippen molar-refractivity contribution < 1.29 is 4.57 Å². The molecule has 2 nitrogen and oxygen atoms in total. The Labute approximate surface area is 163 Å². The van der Waals surface area contributed by atoms with Crippen molar-refractivity contribution in [1.82, 2.24) is 5.09 Å². The van der Waals surface area contributed by atoms with E-state index < -0.39 is 7.29 Å². The van der Waals surface area contributed by atoms with Crippen LogP contribution in [-0.2, 0) is 11.0 Å². The third kappa shape index (κ3) is 5.19. The van der Waals surface area contributed by atoms with Gasteiger partial charge >= 0.3 is 0 Å². The maximum Gasteiger partial charge on any atom is 0.204 e. The number of unbranched alkanes of at least 4 members (excludes halogenated alkanes) is 1. The van der Waals surface area contributed by atoms with Gasteiger partial charge in [-0.3, -0.25) is 9.65 Å². The van der Waals surface area contributed by atoms with Crippen LogP contribution in [0, 0.1) is 0 Å². The standard InChI is InChI=1S/C24H28NOP/c1-2-3-15-22(20-21-13-7-4-8-14-21)25-27(26,23-16-9-5-10-17-23)24-18-11-6-12-19-24/h4-14,16-19,22H,2-3,15,20H2,1H3,(H,25,26)/t22-/m1/s1. The van der Waals surface area contributed by atoms with E-state index in [4.69, 9.17) is 0 Å². The molecule has 1 N–H and O–H groups in total. The molecule has 1 atom stereocenters. The van der Waals surface area contributed by atoms with Gasteiger partial charge in [-0.15, -0.1) is 0 Å². The molecule has 0 saturated heterocycles. The van der Waals surface area contributed by atoms with E-state index in [0.29, 0.717) is 0 Å². The van der Waals surface area contributed by atoms with Crippen LogP contribution in [-0.4, -0.2) is 6.04 Å². The first kappa shape index (κ1) is 19.6. The Morgan fingerprint density at radius 3 is 1.74 bits per heavy atom. The van der Waals surface area contributed by atoms with Gasteiger partial charge in [-0.2, -0.15) is 0 Å². The Balaban J connectivity index is 1.94. The number of hydrogen-bond acceptors (Lipinski definition) is 1. The summed E-state index contributed by atoms with van der Waals surface area (Å²) in [6, 6.07) is 30.3. The summed E-state index contributed by atoms with van der Waals surface area (Å²) >= 11 is 0. The average Bonchev–Trinajstić information content (AvgIpc) is 2.74. The van der Waals surface area contributed by atoms with Gasteiger partial charge in [0.1, 0.15) is 0 Å². The molecule has 140 valence electrons. The van der Waals surface area contributed by atoms with Gasteiger partial charge in [0.2, 0.25) is 7.29 Å². The lowest BCUT2D eigenvalue weighted by molar-refractivity contribution is 0.515. The van der Waals surface area contributed by atoms with E-state index in [-0.39, 0.29) is 6.04 Å². The maximum absolute atomic E-state index is 14.3. The highest BCUT2D eigenvalue weighted by atomic mass is 31.2. The quantitative estimate of drug-likeness (QED) is 0.512. The van der Waals surface area contributed by atoms with E-state index in [9.17, 15) is 4.57 Å². The van der Waals surface area contributed by atoms with E-state index in [1.165, 1.54) is 5.56 Å². The molecular formula is C24H28NOP. The van der Waals surface area contributed by atoms with Gasteiger partial charge in [0, 0.05) is 16.7 Å². The normalized spacial score (nSPS) is 12.6. The summed E-state index contributed by atoms with van der Waals surface area (Å²) in [6.07, 6.45) is 4.14. The summed E-state index contributed by atoms with van der Waals surface area (Å²) in [7, 11) is -2.91. The van der Waals surface area contributed by atoms with Gasteiger partial charge in [0.15, 0.2) is 0 Å². The Morgan fingerprint density at radius 1 is 0.778 bits per heavy atom. The van der Waals surface area contributed by atoms with Crippen molar-refractivity contribution in [3.8, 4) is 0 Å². The van der Waals surface area contributed by atoms with Gasteiger partial charge in [-0.1, -0.05) is 86.5 Å². The summed E-state index contributed by atoms with van der Waals surface area (Å²) in [5.41, 5.74) is 1.28. The average molecular weight is 377 g/mol. The lowest BCUT2D eigenvalue weighted by Crippen LogP contribution is -2.36. The lowest BCUT2D eigenvalue weighted by atomic mass is 10.0. The minimum absolute atomic E-state index is 0.165. The highest BCUT2D eigenvalue weighted by Gasteiger charge is 2.29. The SMILES string of the molecule is CCCC[C@H](Cc1ccccc1)NP(=O)(c1ccccc1)c1ccccc1. The molecule has 0 aliphatic heterocycles. The van der Waals surface area contributed by atoms with E-state index in [1.807, 2.05) is 66.7 Å². The maximum atomic E-state index is 14.3. The van der Waals surface area contributed by atoms with Gasteiger partial charge in [0.05, 0.1) is 0 Å². The van der Waals surface area contributed by atoms with Crippen molar-refractivity contribution >= 4 is 17.9 Å². The smallest absolute Gasteiger partial charge is 0.204 e. The molecule has 0 heterocycles. The second-order valence-electron chi connectivity index (χ2n) is 6.94. The predicted octanol–water partition coefficient (Wildman–Crippen LogP) is 5.31. The summed E-state index contributed by atoms with van der Waals surface area (Å²) in [6.45, 7) is 2.20. The van der Waals surface area contributed by atoms with Crippen LogP contribution in [0.15, 0.2) is 91.0 Å². The van der Waals surface area contributed by atoms with E-state index in [0.717, 1.165) is 36.3 Å². The Hall–Kier alpha value is -2.15. The van der Waals surface area contributed by atoms with Crippen molar-refractivity contribution in [3.05, 3.63) is 96.6 Å². The minimum atomic E-state index is -2.91.